The fourth-order valence-corrected chi connectivity index (χ4v) is 17.5. The van der Waals surface area contributed by atoms with Crippen molar-refractivity contribution >= 4 is 163 Å². The number of urea groups is 1. The normalized spacial score (nSPS) is 21.7. The number of anilines is 1. The molecule has 4 aromatic heterocycles. The highest BCUT2D eigenvalue weighted by Gasteiger charge is 2.41. The van der Waals surface area contributed by atoms with Crippen LogP contribution in [0, 0.1) is 17.0 Å². The highest BCUT2D eigenvalue weighted by atomic mass is 32.2. The second kappa shape index (κ2) is 51.4. The smallest absolute Gasteiger partial charge is 0.316 e. The van der Waals surface area contributed by atoms with E-state index in [0.29, 0.717) is 55.3 Å². The second-order valence-corrected chi connectivity index (χ2v) is 36.1. The fraction of sp³-hybridized carbons (Fsp3) is 0.383. The number of primary amides is 2. The molecule has 1 aliphatic rings. The first-order valence-electron chi connectivity index (χ1n) is 45.2. The van der Waals surface area contributed by atoms with Crippen molar-refractivity contribution < 1.29 is 106 Å². The molecule has 1 aliphatic heterocycles. The standard InChI is InChI=1S/C94H115F2N23O20S2/c1-6-10-65-81(127)110-67(27-28-76(124)125)82(128)111-69(32-50-17-23-61(123)24-18-50)85(131)109-66(11-7-2)83(129)118-78(47(4)121)92(138)116-74(79(97)126)44-140-42-51-12-8-13-52(30-51)43-141-45-75(117-84(130)68(104-48(5)122)31-49-15-21-58(22-16-49)107-94(100)139)90(136)113-71(38-59-35-53-33-56(95)19-25-63(53)105-59)87(133)112-72(39-60-36-54-34-57(96)20-26-64(54)106-60)88(134)115-73(41-103-93(98)99)89(135)119-77(46(3)120)91(137)114-70(86(132)108-65)37-55-40-102-80-62(55)14-9-29-101-80/h8-9,12-26,29-30,33-36,40,46-47,65-75,77-78,105-106,120-121,123H,6-7,10-11,27-28,31-32,37-39,41-45H2,1-5H3,(H2,97,126)(H,101,102)(H,104,122)(H,108,132)(H,109,131)(H,110,127)(H,111,128)(H,112,133)(H,113,136)(H,114,137)(H,115,134)(H,116,138)(H,117,130)(H,118,129)(H,119,135)(H,124,125)(H4,98,99,103)(H3,100,107,139)/t46-,47-,65+,66+,67+,68+,69+,70+,71+,72+,73+,74+,75+,77+,78+/m1/s1. The summed E-state index contributed by atoms with van der Waals surface area (Å²) < 4.78 is 29.9. The number of nitrogens with zero attached hydrogens (tertiary/aromatic N) is 1. The maximum atomic E-state index is 15.8. The molecule has 2 bridgehead atoms. The minimum absolute atomic E-state index is 0.0899. The van der Waals surface area contributed by atoms with Gasteiger partial charge < -0.3 is 132 Å². The van der Waals surface area contributed by atoms with Gasteiger partial charge in [0.25, 0.3) is 0 Å². The van der Waals surface area contributed by atoms with Gasteiger partial charge in [-0.1, -0.05) is 75.2 Å². The molecule has 29 N–H and O–H groups in total. The van der Waals surface area contributed by atoms with E-state index < -0.39 is 248 Å². The molecule has 9 aromatic rings. The van der Waals surface area contributed by atoms with E-state index >= 15 is 28.8 Å². The maximum Gasteiger partial charge on any atom is 0.316 e. The summed E-state index contributed by atoms with van der Waals surface area (Å²) in [5, 5.41) is 90.5. The van der Waals surface area contributed by atoms with E-state index in [1.165, 1.54) is 85.2 Å². The number of halogens is 2. The minimum Gasteiger partial charge on any atom is -0.508 e. The molecule has 0 saturated carbocycles. The Labute approximate surface area is 814 Å². The Bertz CT molecular complexity index is 6040. The average Bonchev–Trinajstić information content (AvgIpc) is 1.67. The summed E-state index contributed by atoms with van der Waals surface area (Å²) in [6, 6.07) is 8.48. The maximum absolute atomic E-state index is 15.8. The van der Waals surface area contributed by atoms with Gasteiger partial charge in [-0.15, -0.1) is 0 Å². The first-order valence-corrected chi connectivity index (χ1v) is 47.5. The van der Waals surface area contributed by atoms with Crippen LogP contribution < -0.4 is 97.0 Å². The lowest BCUT2D eigenvalue weighted by atomic mass is 10.0. The summed E-state index contributed by atoms with van der Waals surface area (Å²) in [4.78, 5) is 245. The predicted octanol–water partition coefficient (Wildman–Crippen LogP) is 0.211. The number of aliphatic hydroxyl groups is 2. The molecule has 0 radical (unpaired) electrons. The van der Waals surface area contributed by atoms with Crippen LogP contribution in [-0.2, 0) is 116 Å². The molecule has 5 aromatic carbocycles. The number of carbonyl (C=O) groups is 16. The van der Waals surface area contributed by atoms with Crippen molar-refractivity contribution in [1.29, 1.82) is 5.41 Å². The number of carboxylic acids is 1. The van der Waals surface area contributed by atoms with Gasteiger partial charge in [-0.3, -0.25) is 77.3 Å². The molecule has 0 aliphatic carbocycles. The van der Waals surface area contributed by atoms with Crippen LogP contribution in [0.5, 0.6) is 5.75 Å². The van der Waals surface area contributed by atoms with Crippen LogP contribution in [0.3, 0.4) is 0 Å². The average molecular weight is 1990 g/mol. The second-order valence-electron chi connectivity index (χ2n) is 34.0. The fourth-order valence-electron chi connectivity index (χ4n) is 15.5. The first-order chi connectivity index (χ1) is 67.2. The number of thioether (sulfide) groups is 2. The summed E-state index contributed by atoms with van der Waals surface area (Å²) in [5.74, 6) is -19.1. The van der Waals surface area contributed by atoms with Crippen LogP contribution in [0.25, 0.3) is 32.8 Å². The number of carboxylic acid groups (broad SMARTS) is 1. The van der Waals surface area contributed by atoms with Gasteiger partial charge in [-0.25, -0.2) is 18.6 Å². The topological polar surface area (TPSA) is 697 Å². The Balaban J connectivity index is 1.04. The number of phenolic OH excluding ortho intramolecular Hbond substituents is 1. The van der Waals surface area contributed by atoms with E-state index in [1.54, 1.807) is 62.4 Å². The molecule has 5 heterocycles. The van der Waals surface area contributed by atoms with Crippen LogP contribution in [0.4, 0.5) is 19.3 Å². The number of H-pyrrole nitrogens is 3. The molecule has 0 fully saturated rings. The highest BCUT2D eigenvalue weighted by Crippen LogP contribution is 2.26. The molecule has 0 unspecified atom stereocenters. The van der Waals surface area contributed by atoms with E-state index in [-0.39, 0.29) is 83.3 Å². The number of rotatable bonds is 26. The number of hydrogen-bond donors (Lipinski definition) is 26. The quantitative estimate of drug-likeness (QED) is 0.0254. The third kappa shape index (κ3) is 32.4. The van der Waals surface area contributed by atoms with Gasteiger partial charge in [-0.05, 0) is 146 Å². The van der Waals surface area contributed by atoms with Gasteiger partial charge in [0.1, 0.15) is 102 Å². The van der Waals surface area contributed by atoms with Crippen molar-refractivity contribution in [2.24, 2.45) is 17.2 Å². The predicted molar refractivity (Wildman–Crippen MR) is 518 cm³/mol. The first kappa shape index (κ1) is 108. The number of nitrogens with two attached hydrogens (primary N) is 3. The summed E-state index contributed by atoms with van der Waals surface area (Å²) in [7, 11) is 0. The highest BCUT2D eigenvalue weighted by molar-refractivity contribution is 7.98. The number of carbonyl (C=O) groups excluding carboxylic acids is 15. The monoisotopic (exact) mass is 1990 g/mol. The molecule has 10 rings (SSSR count). The number of aliphatic carboxylic acids is 1. The lowest BCUT2D eigenvalue weighted by Gasteiger charge is -2.29. The molecule has 752 valence electrons. The zero-order chi connectivity index (χ0) is 102. The van der Waals surface area contributed by atoms with Gasteiger partial charge in [0, 0.05) is 132 Å². The molecular weight excluding hydrogens is 1870 g/mol. The number of aromatic hydroxyl groups is 1. The number of pyridine rings is 1. The lowest BCUT2D eigenvalue weighted by molar-refractivity contribution is -0.139. The van der Waals surface area contributed by atoms with Gasteiger partial charge >= 0.3 is 12.0 Å². The molecule has 141 heavy (non-hydrogen) atoms. The number of aromatic nitrogens is 4. The number of aromatic amines is 3. The Hall–Kier alpha value is -15.3. The van der Waals surface area contributed by atoms with Gasteiger partial charge in [-0.2, -0.15) is 23.5 Å². The van der Waals surface area contributed by atoms with Crippen LogP contribution in [0.1, 0.15) is 112 Å². The minimum atomic E-state index is -2.09. The van der Waals surface area contributed by atoms with E-state index in [4.69, 9.17) is 22.6 Å². The van der Waals surface area contributed by atoms with E-state index in [9.17, 15) is 77.2 Å². The number of nitrogens with one attached hydrogen (secondary N) is 19. The number of hydrogen-bond acceptors (Lipinski definition) is 23. The zero-order valence-corrected chi connectivity index (χ0v) is 79.0. The summed E-state index contributed by atoms with van der Waals surface area (Å²) in [6.45, 7) is 5.87. The van der Waals surface area contributed by atoms with E-state index in [2.05, 4.69) is 99.7 Å². The van der Waals surface area contributed by atoms with Gasteiger partial charge in [0.2, 0.25) is 82.7 Å². The molecule has 47 heteroatoms. The Kier molecular flexibility index (Phi) is 39.3. The van der Waals surface area contributed by atoms with Crippen molar-refractivity contribution in [1.82, 2.24) is 94.4 Å². The van der Waals surface area contributed by atoms with Gasteiger partial charge in [0.15, 0.2) is 5.96 Å². The SMILES string of the molecule is CCC[C@@H]1NC(=O)[C@H](Cc2c[nH]c3ncccc23)NC(=O)[C@H]([C@@H](C)O)NC(=O)[C@H](CNC(=N)N)NC(=O)[C@H](Cc2cc3cc(F)ccc3[nH]2)NC(=O)[C@H](Cc2cc3cc(F)ccc3[nH]2)NC(=O)[C@@H](NC(=O)[C@H](Cc2ccc(NC(N)=O)cc2)NC(C)=O)CSCc2cccc(c2)CSC[C@@H](C(N)=O)NC(=O)[C@H]([C@@H](C)O)NC(=O)[C@H](CCC)NC(=O)[C@H](Cc2ccc(O)cc2)NC(=O)[C@H](CCC(=O)O)NC1=O. The summed E-state index contributed by atoms with van der Waals surface area (Å²) in [6.07, 6.45) is -4.24. The third-order valence-corrected chi connectivity index (χ3v) is 24.9. The molecule has 0 spiro atoms. The summed E-state index contributed by atoms with van der Waals surface area (Å²) in [5.41, 5.74) is 21.0. The Morgan fingerprint density at radius 3 is 1.50 bits per heavy atom. The van der Waals surface area contributed by atoms with Crippen molar-refractivity contribution in [3.63, 3.8) is 0 Å². The van der Waals surface area contributed by atoms with Crippen molar-refractivity contribution in [2.45, 2.75) is 208 Å². The van der Waals surface area contributed by atoms with Crippen molar-refractivity contribution in [3.05, 3.63) is 197 Å². The van der Waals surface area contributed by atoms with E-state index in [1.807, 2.05) is 0 Å². The number of guanidine groups is 1. The number of aliphatic hydroxyl groups excluding tert-OH is 2. The largest absolute Gasteiger partial charge is 0.508 e. The zero-order valence-electron chi connectivity index (χ0n) is 77.4. The molecule has 0 saturated heterocycles. The van der Waals surface area contributed by atoms with Crippen LogP contribution >= 0.6 is 23.5 Å². The number of benzene rings is 5. The number of phenols is 1. The number of amides is 16. The Morgan fingerprint density at radius 2 is 0.993 bits per heavy atom. The third-order valence-electron chi connectivity index (χ3n) is 22.7. The number of fused-ring (bicyclic) bond motifs is 5. The molecule has 16 amide bonds. The molecule has 43 nitrogen and oxygen atoms in total. The molecule has 15 atom stereocenters. The molecular formula is C94H115F2N23O20S2. The van der Waals surface area contributed by atoms with Crippen LogP contribution in [-0.4, -0.2) is 250 Å². The van der Waals surface area contributed by atoms with E-state index in [0.717, 1.165) is 56.4 Å². The van der Waals surface area contributed by atoms with Crippen molar-refractivity contribution in [2.75, 3.05) is 23.4 Å². The summed E-state index contributed by atoms with van der Waals surface area (Å²) >= 11 is 2.23. The van der Waals surface area contributed by atoms with Crippen LogP contribution in [0.2, 0.25) is 0 Å². The van der Waals surface area contributed by atoms with Crippen LogP contribution in [0.15, 0.2) is 146 Å². The lowest BCUT2D eigenvalue weighted by Crippen LogP contribution is -2.64. The Morgan fingerprint density at radius 1 is 0.525 bits per heavy atom. The van der Waals surface area contributed by atoms with Crippen molar-refractivity contribution in [3.8, 4) is 5.75 Å². The van der Waals surface area contributed by atoms with Gasteiger partial charge in [0.05, 0.1) is 12.2 Å².